The monoisotopic (exact) mass is 309 g/mol. The number of rotatable bonds is 4. The van der Waals surface area contributed by atoms with Gasteiger partial charge in [-0.1, -0.05) is 0 Å². The number of aromatic nitrogens is 1. The first-order valence-electron chi connectivity index (χ1n) is 5.89. The molecule has 1 amide bonds. The third-order valence-corrected chi connectivity index (χ3v) is 4.11. The van der Waals surface area contributed by atoms with Crippen molar-refractivity contribution < 1.29 is 17.6 Å². The molecule has 2 N–H and O–H groups in total. The highest BCUT2D eigenvalue weighted by Crippen LogP contribution is 2.14. The molecule has 0 aliphatic carbocycles. The molecule has 1 aromatic carbocycles. The maximum absolute atomic E-state index is 12.9. The molecule has 1 aromatic heterocycles. The summed E-state index contributed by atoms with van der Waals surface area (Å²) in [6.07, 6.45) is 1.19. The first-order valence-corrected chi connectivity index (χ1v) is 7.37. The molecule has 2 aromatic rings. The molecule has 0 fully saturated rings. The van der Waals surface area contributed by atoms with Gasteiger partial charge in [0.05, 0.1) is 4.90 Å². The van der Waals surface area contributed by atoms with E-state index >= 15 is 0 Å². The van der Waals surface area contributed by atoms with E-state index in [4.69, 9.17) is 0 Å². The number of nitrogens with zero attached hydrogens (tertiary/aromatic N) is 1. The largest absolute Gasteiger partial charge is 0.322 e. The molecule has 0 unspecified atom stereocenters. The summed E-state index contributed by atoms with van der Waals surface area (Å²) in [5.41, 5.74) is 0.515. The Morgan fingerprint density at radius 3 is 2.43 bits per heavy atom. The van der Waals surface area contributed by atoms with Crippen LogP contribution in [-0.4, -0.2) is 26.4 Å². The molecular weight excluding hydrogens is 297 g/mol. The minimum atomic E-state index is -3.52. The minimum Gasteiger partial charge on any atom is -0.322 e. The van der Waals surface area contributed by atoms with E-state index in [0.717, 1.165) is 6.07 Å². The summed E-state index contributed by atoms with van der Waals surface area (Å²) in [5, 5.41) is 2.53. The standard InChI is InChI=1S/C13H12FN3O3S/c1-15-21(19,20)11-4-2-10(3-5-11)17-13(18)9-6-7-16-12(14)8-9/h2-8,15H,1H3,(H,17,18). The number of pyridine rings is 1. The Morgan fingerprint density at radius 1 is 1.19 bits per heavy atom. The van der Waals surface area contributed by atoms with Crippen molar-refractivity contribution in [1.29, 1.82) is 0 Å². The van der Waals surface area contributed by atoms with Crippen LogP contribution in [-0.2, 0) is 10.0 Å². The number of sulfonamides is 1. The lowest BCUT2D eigenvalue weighted by Gasteiger charge is -2.07. The highest BCUT2D eigenvalue weighted by atomic mass is 32.2. The number of hydrogen-bond acceptors (Lipinski definition) is 4. The van der Waals surface area contributed by atoms with Gasteiger partial charge in [-0.3, -0.25) is 4.79 Å². The van der Waals surface area contributed by atoms with Crippen LogP contribution in [0.15, 0.2) is 47.5 Å². The van der Waals surface area contributed by atoms with Gasteiger partial charge in [-0.15, -0.1) is 0 Å². The molecule has 0 spiro atoms. The van der Waals surface area contributed by atoms with Crippen molar-refractivity contribution in [3.8, 4) is 0 Å². The van der Waals surface area contributed by atoms with Crippen molar-refractivity contribution in [1.82, 2.24) is 9.71 Å². The van der Waals surface area contributed by atoms with Gasteiger partial charge >= 0.3 is 0 Å². The van der Waals surface area contributed by atoms with Crippen LogP contribution in [0.25, 0.3) is 0 Å². The lowest BCUT2D eigenvalue weighted by atomic mass is 10.2. The number of halogens is 1. The fourth-order valence-electron chi connectivity index (χ4n) is 1.58. The summed E-state index contributed by atoms with van der Waals surface area (Å²) >= 11 is 0. The van der Waals surface area contributed by atoms with E-state index in [1.807, 2.05) is 0 Å². The van der Waals surface area contributed by atoms with E-state index in [1.165, 1.54) is 43.6 Å². The molecule has 1 heterocycles. The fraction of sp³-hybridized carbons (Fsp3) is 0.0769. The Kier molecular flexibility index (Phi) is 4.29. The molecule has 6 nitrogen and oxygen atoms in total. The van der Waals surface area contributed by atoms with Gasteiger partial charge < -0.3 is 5.32 Å². The number of amides is 1. The van der Waals surface area contributed by atoms with Crippen molar-refractivity contribution in [3.63, 3.8) is 0 Å². The van der Waals surface area contributed by atoms with Crippen LogP contribution in [0.5, 0.6) is 0 Å². The van der Waals surface area contributed by atoms with E-state index < -0.39 is 21.9 Å². The van der Waals surface area contributed by atoms with E-state index in [0.29, 0.717) is 5.69 Å². The van der Waals surface area contributed by atoms with Gasteiger partial charge in [-0.25, -0.2) is 18.1 Å². The quantitative estimate of drug-likeness (QED) is 0.835. The maximum atomic E-state index is 12.9. The molecule has 0 saturated heterocycles. The minimum absolute atomic E-state index is 0.0814. The third kappa shape index (κ3) is 3.61. The van der Waals surface area contributed by atoms with Crippen molar-refractivity contribution in [2.45, 2.75) is 4.90 Å². The molecule has 8 heteroatoms. The Morgan fingerprint density at radius 2 is 1.86 bits per heavy atom. The summed E-state index contributed by atoms with van der Waals surface area (Å²) in [4.78, 5) is 15.3. The average molecular weight is 309 g/mol. The lowest BCUT2D eigenvalue weighted by Crippen LogP contribution is -2.18. The number of hydrogen-bond donors (Lipinski definition) is 2. The molecule has 0 aliphatic heterocycles. The zero-order valence-corrected chi connectivity index (χ0v) is 11.8. The smallest absolute Gasteiger partial charge is 0.255 e. The molecule has 21 heavy (non-hydrogen) atoms. The van der Waals surface area contributed by atoms with Gasteiger partial charge in [-0.2, -0.15) is 4.39 Å². The van der Waals surface area contributed by atoms with Crippen molar-refractivity contribution in [3.05, 3.63) is 54.1 Å². The van der Waals surface area contributed by atoms with Crippen LogP contribution in [0.1, 0.15) is 10.4 Å². The van der Waals surface area contributed by atoms with Gasteiger partial charge in [0.1, 0.15) is 0 Å². The molecule has 0 bridgehead atoms. The topological polar surface area (TPSA) is 88.2 Å². The predicted molar refractivity (Wildman–Crippen MR) is 74.8 cm³/mol. The Bertz CT molecular complexity index is 760. The van der Waals surface area contributed by atoms with E-state index in [-0.39, 0.29) is 10.5 Å². The molecule has 110 valence electrons. The van der Waals surface area contributed by atoms with Crippen molar-refractivity contribution in [2.24, 2.45) is 0 Å². The fourth-order valence-corrected chi connectivity index (χ4v) is 2.31. The van der Waals surface area contributed by atoms with E-state index in [2.05, 4.69) is 15.0 Å². The lowest BCUT2D eigenvalue weighted by molar-refractivity contribution is 0.102. The molecular formula is C13H12FN3O3S. The molecule has 0 radical (unpaired) electrons. The molecule has 0 saturated carbocycles. The van der Waals surface area contributed by atoms with Gasteiger partial charge in [0, 0.05) is 23.5 Å². The van der Waals surface area contributed by atoms with Crippen molar-refractivity contribution in [2.75, 3.05) is 12.4 Å². The molecule has 0 atom stereocenters. The van der Waals surface area contributed by atoms with E-state index in [1.54, 1.807) is 0 Å². The van der Waals surface area contributed by atoms with Crippen LogP contribution in [0.4, 0.5) is 10.1 Å². The highest BCUT2D eigenvalue weighted by Gasteiger charge is 2.12. The Hall–Kier alpha value is -2.32. The maximum Gasteiger partial charge on any atom is 0.255 e. The molecule has 2 rings (SSSR count). The zero-order valence-electron chi connectivity index (χ0n) is 11.0. The average Bonchev–Trinajstić information content (AvgIpc) is 2.48. The number of carbonyl (C=O) groups is 1. The highest BCUT2D eigenvalue weighted by molar-refractivity contribution is 7.89. The predicted octanol–water partition coefficient (Wildman–Crippen LogP) is 1.38. The summed E-state index contributed by atoms with van der Waals surface area (Å²) in [5.74, 6) is -1.27. The van der Waals surface area contributed by atoms with Crippen LogP contribution < -0.4 is 10.0 Å². The number of nitrogens with one attached hydrogen (secondary N) is 2. The number of benzene rings is 1. The van der Waals surface area contributed by atoms with Crippen LogP contribution in [0, 0.1) is 5.95 Å². The first-order chi connectivity index (χ1) is 9.92. The van der Waals surface area contributed by atoms with Gasteiger partial charge in [0.25, 0.3) is 5.91 Å². The summed E-state index contributed by atoms with van der Waals surface area (Å²) in [7, 11) is -2.21. The summed E-state index contributed by atoms with van der Waals surface area (Å²) in [6.45, 7) is 0. The van der Waals surface area contributed by atoms with Gasteiger partial charge in [0.2, 0.25) is 16.0 Å². The SMILES string of the molecule is CNS(=O)(=O)c1ccc(NC(=O)c2ccnc(F)c2)cc1. The number of anilines is 1. The van der Waals surface area contributed by atoms with Crippen LogP contribution in [0.3, 0.4) is 0 Å². The second-order valence-electron chi connectivity index (χ2n) is 4.05. The first kappa shape index (κ1) is 15.1. The number of carbonyl (C=O) groups excluding carboxylic acids is 1. The third-order valence-electron chi connectivity index (χ3n) is 2.68. The Balaban J connectivity index is 2.16. The van der Waals surface area contributed by atoms with E-state index in [9.17, 15) is 17.6 Å². The zero-order chi connectivity index (χ0) is 15.5. The van der Waals surface area contributed by atoms with Crippen LogP contribution >= 0.6 is 0 Å². The summed E-state index contributed by atoms with van der Waals surface area (Å²) in [6, 6.07) is 7.98. The molecule has 0 aliphatic rings. The normalized spacial score (nSPS) is 11.1. The van der Waals surface area contributed by atoms with Gasteiger partial charge in [0.15, 0.2) is 0 Å². The second kappa shape index (κ2) is 5.98. The Labute approximate surface area is 121 Å². The second-order valence-corrected chi connectivity index (χ2v) is 5.94. The van der Waals surface area contributed by atoms with Crippen molar-refractivity contribution >= 4 is 21.6 Å². The van der Waals surface area contributed by atoms with Crippen LogP contribution in [0.2, 0.25) is 0 Å². The van der Waals surface area contributed by atoms with Gasteiger partial charge in [-0.05, 0) is 37.4 Å². The summed E-state index contributed by atoms with van der Waals surface area (Å²) < 4.78 is 38.2.